The van der Waals surface area contributed by atoms with Crippen LogP contribution in [0.15, 0.2) is 53.7 Å². The lowest BCUT2D eigenvalue weighted by Crippen LogP contribution is -2.04. The summed E-state index contributed by atoms with van der Waals surface area (Å²) in [5.74, 6) is 0.278. The number of fused-ring (bicyclic) bond motifs is 1. The van der Waals surface area contributed by atoms with E-state index in [4.69, 9.17) is 9.84 Å². The second-order valence-electron chi connectivity index (χ2n) is 4.91. The number of carbonyl (C=O) groups is 1. The molecule has 0 aliphatic heterocycles. The summed E-state index contributed by atoms with van der Waals surface area (Å²) in [5.41, 5.74) is 2.18. The molecule has 0 unspecified atom stereocenters. The number of nitrogens with zero attached hydrogens (tertiary/aromatic N) is 1. The van der Waals surface area contributed by atoms with Crippen LogP contribution in [0.4, 0.5) is 0 Å². The molecular formula is C17H16N2O3S. The fourth-order valence-corrected chi connectivity index (χ4v) is 2.98. The molecule has 0 atom stereocenters. The summed E-state index contributed by atoms with van der Waals surface area (Å²) in [6.45, 7) is 0.470. The Morgan fingerprint density at radius 2 is 1.96 bits per heavy atom. The Morgan fingerprint density at radius 3 is 2.78 bits per heavy atom. The fraction of sp³-hybridized carbons (Fsp3) is 0.176. The maximum Gasteiger partial charge on any atom is 0.339 e. The average molecular weight is 328 g/mol. The van der Waals surface area contributed by atoms with Crippen LogP contribution in [0.3, 0.4) is 0 Å². The highest BCUT2D eigenvalue weighted by Gasteiger charge is 2.09. The van der Waals surface area contributed by atoms with E-state index in [9.17, 15) is 4.79 Å². The van der Waals surface area contributed by atoms with Crippen LogP contribution in [0.5, 0.6) is 5.75 Å². The molecule has 0 saturated heterocycles. The molecule has 0 aliphatic rings. The number of rotatable bonds is 7. The molecule has 5 nitrogen and oxygen atoms in total. The van der Waals surface area contributed by atoms with Crippen molar-refractivity contribution >= 4 is 28.8 Å². The lowest BCUT2D eigenvalue weighted by molar-refractivity contribution is 0.0692. The van der Waals surface area contributed by atoms with E-state index in [0.717, 1.165) is 28.4 Å². The van der Waals surface area contributed by atoms with Crippen LogP contribution >= 0.6 is 11.8 Å². The molecule has 118 valence electrons. The van der Waals surface area contributed by atoms with Gasteiger partial charge in [-0.25, -0.2) is 9.78 Å². The Bertz CT molecular complexity index is 783. The molecule has 3 rings (SSSR count). The van der Waals surface area contributed by atoms with Crippen LogP contribution in [0.2, 0.25) is 0 Å². The van der Waals surface area contributed by atoms with E-state index in [0.29, 0.717) is 12.4 Å². The second-order valence-corrected chi connectivity index (χ2v) is 5.99. The molecule has 0 bridgehead atoms. The Balaban J connectivity index is 1.48. The number of aromatic amines is 1. The van der Waals surface area contributed by atoms with Crippen molar-refractivity contribution < 1.29 is 14.6 Å². The Morgan fingerprint density at radius 1 is 1.17 bits per heavy atom. The summed E-state index contributed by atoms with van der Waals surface area (Å²) in [7, 11) is 0. The van der Waals surface area contributed by atoms with Crippen LogP contribution < -0.4 is 4.74 Å². The zero-order valence-corrected chi connectivity index (χ0v) is 13.2. The van der Waals surface area contributed by atoms with Crippen LogP contribution in [0, 0.1) is 0 Å². The summed E-state index contributed by atoms with van der Waals surface area (Å²) < 4.78 is 5.57. The molecule has 6 heteroatoms. The zero-order chi connectivity index (χ0) is 16.1. The highest BCUT2D eigenvalue weighted by atomic mass is 32.2. The van der Waals surface area contributed by atoms with Gasteiger partial charge >= 0.3 is 5.97 Å². The van der Waals surface area contributed by atoms with Crippen molar-refractivity contribution in [2.24, 2.45) is 0 Å². The Labute approximate surface area is 137 Å². The van der Waals surface area contributed by atoms with Gasteiger partial charge in [0.05, 0.1) is 17.6 Å². The van der Waals surface area contributed by atoms with Gasteiger partial charge in [0.15, 0.2) is 5.16 Å². The lowest BCUT2D eigenvalue weighted by atomic mass is 10.2. The maximum atomic E-state index is 11.1. The number of hydrogen-bond acceptors (Lipinski definition) is 4. The summed E-state index contributed by atoms with van der Waals surface area (Å²) in [5, 5.41) is 9.98. The largest absolute Gasteiger partial charge is 0.493 e. The first-order valence-corrected chi connectivity index (χ1v) is 8.25. The highest BCUT2D eigenvalue weighted by Crippen LogP contribution is 2.21. The van der Waals surface area contributed by atoms with Crippen molar-refractivity contribution in [2.45, 2.75) is 11.6 Å². The van der Waals surface area contributed by atoms with Crippen molar-refractivity contribution in [1.29, 1.82) is 0 Å². The number of aromatic carboxylic acids is 1. The number of H-pyrrole nitrogens is 1. The monoisotopic (exact) mass is 328 g/mol. The Kier molecular flexibility index (Phi) is 4.83. The van der Waals surface area contributed by atoms with Gasteiger partial charge < -0.3 is 14.8 Å². The summed E-state index contributed by atoms with van der Waals surface area (Å²) in [6.07, 6.45) is 0.801. The first-order chi connectivity index (χ1) is 11.2. The third-order valence-corrected chi connectivity index (χ3v) is 4.23. The van der Waals surface area contributed by atoms with E-state index in [1.54, 1.807) is 36.0 Å². The standard InChI is InChI=1S/C17H16N2O3S/c20-16(21)12-6-1-4-9-15(12)22-10-5-11-23-17-18-13-7-2-3-8-14(13)19-17/h1-4,6-9H,5,10-11H2,(H,18,19)(H,20,21). The minimum absolute atomic E-state index is 0.192. The van der Waals surface area contributed by atoms with Gasteiger partial charge in [0, 0.05) is 5.75 Å². The van der Waals surface area contributed by atoms with Gasteiger partial charge in [-0.2, -0.15) is 0 Å². The van der Waals surface area contributed by atoms with Gasteiger partial charge in [-0.1, -0.05) is 36.0 Å². The summed E-state index contributed by atoms with van der Waals surface area (Å²) in [4.78, 5) is 18.8. The van der Waals surface area contributed by atoms with Crippen LogP contribution in [-0.2, 0) is 0 Å². The van der Waals surface area contributed by atoms with Crippen molar-refractivity contribution in [1.82, 2.24) is 9.97 Å². The summed E-state index contributed by atoms with van der Waals surface area (Å²) in [6, 6.07) is 14.6. The van der Waals surface area contributed by atoms with E-state index < -0.39 is 5.97 Å². The molecule has 1 heterocycles. The highest BCUT2D eigenvalue weighted by molar-refractivity contribution is 7.99. The second kappa shape index (κ2) is 7.19. The van der Waals surface area contributed by atoms with E-state index in [2.05, 4.69) is 9.97 Å². The van der Waals surface area contributed by atoms with Gasteiger partial charge in [-0.3, -0.25) is 0 Å². The number of thioether (sulfide) groups is 1. The molecule has 0 saturated carbocycles. The molecule has 0 radical (unpaired) electrons. The number of benzene rings is 2. The number of hydrogen-bond donors (Lipinski definition) is 2. The van der Waals surface area contributed by atoms with Gasteiger partial charge in [-0.15, -0.1) is 0 Å². The number of para-hydroxylation sites is 3. The molecule has 23 heavy (non-hydrogen) atoms. The number of carboxylic acids is 1. The number of ether oxygens (including phenoxy) is 1. The smallest absolute Gasteiger partial charge is 0.339 e. The fourth-order valence-electron chi connectivity index (χ4n) is 2.18. The molecule has 0 spiro atoms. The molecule has 0 fully saturated rings. The van der Waals surface area contributed by atoms with E-state index in [1.165, 1.54) is 0 Å². The van der Waals surface area contributed by atoms with Gasteiger partial charge in [-0.05, 0) is 30.7 Å². The topological polar surface area (TPSA) is 75.2 Å². The molecule has 3 aromatic rings. The summed E-state index contributed by atoms with van der Waals surface area (Å²) >= 11 is 1.63. The SMILES string of the molecule is O=C(O)c1ccccc1OCCCSc1nc2ccccc2[nH]1. The van der Waals surface area contributed by atoms with E-state index >= 15 is 0 Å². The van der Waals surface area contributed by atoms with Gasteiger partial charge in [0.25, 0.3) is 0 Å². The number of aromatic nitrogens is 2. The third kappa shape index (κ3) is 3.84. The van der Waals surface area contributed by atoms with Crippen LogP contribution in [-0.4, -0.2) is 33.4 Å². The van der Waals surface area contributed by atoms with E-state index in [1.807, 2.05) is 24.3 Å². The number of nitrogens with one attached hydrogen (secondary N) is 1. The van der Waals surface area contributed by atoms with Crippen LogP contribution in [0.1, 0.15) is 16.8 Å². The number of imidazole rings is 1. The third-order valence-electron chi connectivity index (χ3n) is 3.27. The number of carboxylic acid groups (broad SMARTS) is 1. The first-order valence-electron chi connectivity index (χ1n) is 7.27. The lowest BCUT2D eigenvalue weighted by Gasteiger charge is -2.08. The first kappa shape index (κ1) is 15.4. The van der Waals surface area contributed by atoms with Crippen molar-refractivity contribution in [3.63, 3.8) is 0 Å². The molecule has 2 N–H and O–H groups in total. The van der Waals surface area contributed by atoms with Gasteiger partial charge in [0.2, 0.25) is 0 Å². The maximum absolute atomic E-state index is 11.1. The minimum Gasteiger partial charge on any atom is -0.493 e. The van der Waals surface area contributed by atoms with E-state index in [-0.39, 0.29) is 5.56 Å². The molecule has 0 aliphatic carbocycles. The Hall–Kier alpha value is -2.47. The van der Waals surface area contributed by atoms with Crippen molar-refractivity contribution in [3.8, 4) is 5.75 Å². The van der Waals surface area contributed by atoms with Crippen LogP contribution in [0.25, 0.3) is 11.0 Å². The average Bonchev–Trinajstić information content (AvgIpc) is 2.97. The molecular weight excluding hydrogens is 312 g/mol. The normalized spacial score (nSPS) is 10.8. The predicted molar refractivity (Wildman–Crippen MR) is 90.3 cm³/mol. The molecule has 1 aromatic heterocycles. The quantitative estimate of drug-likeness (QED) is 0.509. The zero-order valence-electron chi connectivity index (χ0n) is 12.4. The van der Waals surface area contributed by atoms with Gasteiger partial charge in [0.1, 0.15) is 11.3 Å². The molecule has 2 aromatic carbocycles. The van der Waals surface area contributed by atoms with Crippen molar-refractivity contribution in [3.05, 3.63) is 54.1 Å². The molecule has 0 amide bonds. The minimum atomic E-state index is -0.975. The predicted octanol–water partition coefficient (Wildman–Crippen LogP) is 3.82. The van der Waals surface area contributed by atoms with Crippen molar-refractivity contribution in [2.75, 3.05) is 12.4 Å².